The van der Waals surface area contributed by atoms with E-state index in [1.807, 2.05) is 0 Å². The number of imidazole rings is 1. The Morgan fingerprint density at radius 3 is 2.57 bits per heavy atom. The molecular formula is C22H20F2N10O3. The molecule has 0 spiro atoms. The van der Waals surface area contributed by atoms with E-state index in [2.05, 4.69) is 35.2 Å². The molecule has 0 bridgehead atoms. The van der Waals surface area contributed by atoms with Gasteiger partial charge in [-0.15, -0.1) is 0 Å². The second-order valence-corrected chi connectivity index (χ2v) is 9.14. The third kappa shape index (κ3) is 3.65. The van der Waals surface area contributed by atoms with E-state index in [1.165, 1.54) is 47.2 Å². The van der Waals surface area contributed by atoms with Gasteiger partial charge < -0.3 is 14.8 Å². The summed E-state index contributed by atoms with van der Waals surface area (Å²) in [6, 6.07) is 0.645. The van der Waals surface area contributed by atoms with E-state index in [4.69, 9.17) is 0 Å². The standard InChI is InChI=1S/C22H20F2N10O3/c1-10(34-9-28-17-15(34)19(36)31-21(37)32(17)2)18(35)30-14-3-4-25-16(29-14)11-5-26-20(27-6-11)33-7-12-13(8-33)22(12,23)24/h3-6,9-10,12-13H,7-8H2,1-2H3,(H,31,36,37)(H,25,29,30,35)/t10-,12?,13?/m0/s1. The number of nitrogens with one attached hydrogen (secondary N) is 2. The van der Waals surface area contributed by atoms with Crippen molar-refractivity contribution < 1.29 is 13.6 Å². The van der Waals surface area contributed by atoms with Crippen LogP contribution in [0.3, 0.4) is 0 Å². The van der Waals surface area contributed by atoms with Gasteiger partial charge in [-0.2, -0.15) is 0 Å². The molecule has 3 atom stereocenters. The SMILES string of the molecule is C[C@@H](C(=O)Nc1ccnc(-c2cnc(N3CC4C(C3)C4(F)F)nc2)n1)n1cnc2c1c(=O)[nH]c(=O)n2C. The molecule has 1 aliphatic heterocycles. The fraction of sp³-hybridized carbons (Fsp3) is 0.364. The molecule has 4 aromatic rings. The Kier molecular flexibility index (Phi) is 4.93. The average molecular weight is 510 g/mol. The largest absolute Gasteiger partial charge is 0.340 e. The van der Waals surface area contributed by atoms with Gasteiger partial charge in [-0.3, -0.25) is 19.1 Å². The van der Waals surface area contributed by atoms with E-state index in [9.17, 15) is 23.2 Å². The van der Waals surface area contributed by atoms with Gasteiger partial charge in [0.25, 0.3) is 11.5 Å². The minimum atomic E-state index is -2.58. The Hall–Kier alpha value is -4.56. The number of aromatic nitrogens is 8. The van der Waals surface area contributed by atoms with Crippen molar-refractivity contribution in [1.82, 2.24) is 39.0 Å². The summed E-state index contributed by atoms with van der Waals surface area (Å²) in [5.74, 6) is -3.49. The highest BCUT2D eigenvalue weighted by molar-refractivity contribution is 5.93. The lowest BCUT2D eigenvalue weighted by atomic mass is 10.3. The number of fused-ring (bicyclic) bond motifs is 2. The monoisotopic (exact) mass is 510 g/mol. The van der Waals surface area contributed by atoms with Crippen molar-refractivity contribution in [3.8, 4) is 11.4 Å². The summed E-state index contributed by atoms with van der Waals surface area (Å²) in [6.45, 7) is 2.02. The number of nitrogens with zero attached hydrogens (tertiary/aromatic N) is 8. The highest BCUT2D eigenvalue weighted by atomic mass is 19.3. The topological polar surface area (TPSA) is 157 Å². The maximum absolute atomic E-state index is 13.4. The molecule has 2 unspecified atom stereocenters. The van der Waals surface area contributed by atoms with Crippen molar-refractivity contribution in [3.05, 3.63) is 51.8 Å². The molecule has 0 radical (unpaired) electrons. The Labute approximate surface area is 206 Å². The van der Waals surface area contributed by atoms with Crippen LogP contribution in [0.25, 0.3) is 22.6 Å². The second kappa shape index (κ2) is 7.97. The number of piperidine rings is 1. The van der Waals surface area contributed by atoms with Crippen molar-refractivity contribution in [2.75, 3.05) is 23.3 Å². The molecule has 1 amide bonds. The molecular weight excluding hydrogens is 490 g/mol. The molecule has 37 heavy (non-hydrogen) atoms. The number of alkyl halides is 2. The van der Waals surface area contributed by atoms with Gasteiger partial charge in [0, 0.05) is 38.7 Å². The van der Waals surface area contributed by atoms with Crippen molar-refractivity contribution in [1.29, 1.82) is 0 Å². The minimum absolute atomic E-state index is 0.0874. The predicted molar refractivity (Wildman–Crippen MR) is 126 cm³/mol. The Morgan fingerprint density at radius 2 is 1.86 bits per heavy atom. The van der Waals surface area contributed by atoms with Crippen LogP contribution in [0.2, 0.25) is 0 Å². The summed E-state index contributed by atoms with van der Waals surface area (Å²) in [5.41, 5.74) is -0.535. The number of halogens is 2. The van der Waals surface area contributed by atoms with Crippen LogP contribution in [0.15, 0.2) is 40.6 Å². The van der Waals surface area contributed by atoms with Crippen molar-refractivity contribution >= 4 is 28.8 Å². The van der Waals surface area contributed by atoms with Gasteiger partial charge in [0.2, 0.25) is 11.9 Å². The first-order valence-electron chi connectivity index (χ1n) is 11.4. The lowest BCUT2D eigenvalue weighted by Gasteiger charge is -2.19. The number of carbonyl (C=O) groups is 1. The van der Waals surface area contributed by atoms with E-state index < -0.39 is 41.0 Å². The van der Waals surface area contributed by atoms with Crippen molar-refractivity contribution in [3.63, 3.8) is 0 Å². The molecule has 1 saturated carbocycles. The zero-order valence-electron chi connectivity index (χ0n) is 19.6. The van der Waals surface area contributed by atoms with Gasteiger partial charge in [-0.05, 0) is 13.0 Å². The fourth-order valence-corrected chi connectivity index (χ4v) is 4.64. The highest BCUT2D eigenvalue weighted by Gasteiger charge is 2.72. The van der Waals surface area contributed by atoms with Crippen LogP contribution in [0.5, 0.6) is 0 Å². The van der Waals surface area contributed by atoms with Crippen LogP contribution >= 0.6 is 0 Å². The molecule has 1 aliphatic carbocycles. The first-order chi connectivity index (χ1) is 17.6. The van der Waals surface area contributed by atoms with E-state index in [0.29, 0.717) is 11.5 Å². The van der Waals surface area contributed by atoms with E-state index >= 15 is 0 Å². The first kappa shape index (κ1) is 22.9. The number of H-pyrrole nitrogens is 1. The minimum Gasteiger partial charge on any atom is -0.340 e. The smallest absolute Gasteiger partial charge is 0.329 e. The van der Waals surface area contributed by atoms with Crippen LogP contribution in [0.1, 0.15) is 13.0 Å². The third-order valence-electron chi connectivity index (χ3n) is 6.91. The van der Waals surface area contributed by atoms with Crippen LogP contribution in [0, 0.1) is 11.8 Å². The predicted octanol–water partition coefficient (Wildman–Crippen LogP) is 0.571. The zero-order chi connectivity index (χ0) is 26.1. The number of anilines is 2. The van der Waals surface area contributed by atoms with Crippen molar-refractivity contribution in [2.45, 2.75) is 18.9 Å². The Bertz CT molecular complexity index is 1650. The third-order valence-corrected chi connectivity index (χ3v) is 6.91. The number of amides is 1. The molecule has 5 heterocycles. The van der Waals surface area contributed by atoms with E-state index in [0.717, 1.165) is 0 Å². The van der Waals surface area contributed by atoms with Crippen LogP contribution in [-0.2, 0) is 11.8 Å². The van der Waals surface area contributed by atoms with Crippen LogP contribution in [0.4, 0.5) is 20.5 Å². The summed E-state index contributed by atoms with van der Waals surface area (Å²) in [6.07, 6.45) is 5.78. The molecule has 4 aromatic heterocycles. The summed E-state index contributed by atoms with van der Waals surface area (Å²) < 4.78 is 29.4. The Morgan fingerprint density at radius 1 is 1.16 bits per heavy atom. The normalized spacial score (nSPS) is 20.6. The van der Waals surface area contributed by atoms with Crippen LogP contribution < -0.4 is 21.5 Å². The van der Waals surface area contributed by atoms with Crippen molar-refractivity contribution in [2.24, 2.45) is 18.9 Å². The summed E-state index contributed by atoms with van der Waals surface area (Å²) in [4.78, 5) is 62.2. The number of rotatable bonds is 5. The van der Waals surface area contributed by atoms with Gasteiger partial charge in [-0.1, -0.05) is 0 Å². The summed E-state index contributed by atoms with van der Waals surface area (Å²) in [5, 5.41) is 2.68. The number of aromatic amines is 1. The molecule has 2 fully saturated rings. The van der Waals surface area contributed by atoms with Gasteiger partial charge >= 0.3 is 5.69 Å². The molecule has 2 N–H and O–H groups in total. The zero-order valence-corrected chi connectivity index (χ0v) is 19.6. The maximum atomic E-state index is 13.4. The number of hydrogen-bond donors (Lipinski definition) is 2. The number of carbonyl (C=O) groups excluding carboxylic acids is 1. The summed E-state index contributed by atoms with van der Waals surface area (Å²) >= 11 is 0. The number of aryl methyl sites for hydroxylation is 1. The molecule has 1 saturated heterocycles. The Balaban J connectivity index is 1.18. The number of hydrogen-bond acceptors (Lipinski definition) is 9. The molecule has 15 heteroatoms. The molecule has 190 valence electrons. The van der Waals surface area contributed by atoms with Gasteiger partial charge in [0.15, 0.2) is 17.0 Å². The van der Waals surface area contributed by atoms with E-state index in [1.54, 1.807) is 11.8 Å². The maximum Gasteiger partial charge on any atom is 0.329 e. The van der Waals surface area contributed by atoms with Gasteiger partial charge in [0.05, 0.1) is 23.7 Å². The quantitative estimate of drug-likeness (QED) is 0.392. The van der Waals surface area contributed by atoms with Gasteiger partial charge in [0.1, 0.15) is 11.9 Å². The van der Waals surface area contributed by atoms with Gasteiger partial charge in [-0.25, -0.2) is 38.5 Å². The molecule has 6 rings (SSSR count). The van der Waals surface area contributed by atoms with E-state index in [-0.39, 0.29) is 35.9 Å². The van der Waals surface area contributed by atoms with Crippen LogP contribution in [-0.4, -0.2) is 64.0 Å². The highest BCUT2D eigenvalue weighted by Crippen LogP contribution is 2.59. The molecule has 13 nitrogen and oxygen atoms in total. The molecule has 0 aromatic carbocycles. The first-order valence-corrected chi connectivity index (χ1v) is 11.4. The lowest BCUT2D eigenvalue weighted by Crippen LogP contribution is -2.31. The molecule has 2 aliphatic rings. The lowest BCUT2D eigenvalue weighted by molar-refractivity contribution is -0.118. The average Bonchev–Trinajstić information content (AvgIpc) is 3.32. The summed E-state index contributed by atoms with van der Waals surface area (Å²) in [7, 11) is 1.47. The fourth-order valence-electron chi connectivity index (χ4n) is 4.64. The second-order valence-electron chi connectivity index (χ2n) is 9.14.